The minimum Gasteiger partial charge on any atom is -0.376 e. The molecule has 0 radical (unpaired) electrons. The van der Waals surface area contributed by atoms with E-state index in [0.29, 0.717) is 25.3 Å². The van der Waals surface area contributed by atoms with Crippen molar-refractivity contribution >= 4 is 0 Å². The molecule has 13 heavy (non-hydrogen) atoms. The first-order chi connectivity index (χ1) is 6.24. The summed E-state index contributed by atoms with van der Waals surface area (Å²) in [5, 5.41) is 0. The molecule has 3 heteroatoms. The Labute approximate surface area is 81.2 Å². The van der Waals surface area contributed by atoms with Gasteiger partial charge in [0.25, 0.3) is 0 Å². The Bertz CT molecular complexity index is 139. The van der Waals surface area contributed by atoms with E-state index in [1.807, 2.05) is 0 Å². The summed E-state index contributed by atoms with van der Waals surface area (Å²) in [5.41, 5.74) is 5.40. The molecule has 0 aromatic carbocycles. The van der Waals surface area contributed by atoms with Gasteiger partial charge in [-0.3, -0.25) is 4.90 Å². The van der Waals surface area contributed by atoms with Crippen molar-refractivity contribution < 1.29 is 4.74 Å². The standard InChI is InChI=1S/C10H22N2O/c1-9(2)12-6-3-4-10(8-12)13-7-5-11/h9-10H,3-8,11H2,1-2H3. The molecule has 0 saturated carbocycles. The van der Waals surface area contributed by atoms with Gasteiger partial charge in [0.2, 0.25) is 0 Å². The second kappa shape index (κ2) is 5.58. The van der Waals surface area contributed by atoms with Crippen LogP contribution in [0.25, 0.3) is 0 Å². The summed E-state index contributed by atoms with van der Waals surface area (Å²) in [4.78, 5) is 2.48. The van der Waals surface area contributed by atoms with E-state index >= 15 is 0 Å². The number of rotatable bonds is 4. The zero-order valence-electron chi connectivity index (χ0n) is 8.83. The Morgan fingerprint density at radius 2 is 2.31 bits per heavy atom. The average molecular weight is 186 g/mol. The highest BCUT2D eigenvalue weighted by Gasteiger charge is 2.21. The van der Waals surface area contributed by atoms with Gasteiger partial charge in [0.15, 0.2) is 0 Å². The van der Waals surface area contributed by atoms with Gasteiger partial charge in [0, 0.05) is 19.1 Å². The first-order valence-electron chi connectivity index (χ1n) is 5.29. The third-order valence-corrected chi connectivity index (χ3v) is 2.61. The van der Waals surface area contributed by atoms with Crippen LogP contribution in [0.15, 0.2) is 0 Å². The van der Waals surface area contributed by atoms with Crippen LogP contribution in [0.4, 0.5) is 0 Å². The summed E-state index contributed by atoms with van der Waals surface area (Å²) < 4.78 is 5.65. The van der Waals surface area contributed by atoms with Crippen molar-refractivity contribution in [2.45, 2.75) is 38.8 Å². The van der Waals surface area contributed by atoms with E-state index in [0.717, 1.165) is 6.54 Å². The van der Waals surface area contributed by atoms with Gasteiger partial charge < -0.3 is 10.5 Å². The number of piperidine rings is 1. The number of hydrogen-bond donors (Lipinski definition) is 1. The normalized spacial score (nSPS) is 25.4. The highest BCUT2D eigenvalue weighted by molar-refractivity contribution is 4.75. The first kappa shape index (κ1) is 11.0. The molecule has 1 aliphatic rings. The minimum atomic E-state index is 0.416. The predicted octanol–water partition coefficient (Wildman–Crippen LogP) is 0.835. The maximum Gasteiger partial charge on any atom is 0.0703 e. The predicted molar refractivity (Wildman–Crippen MR) is 54.7 cm³/mol. The number of nitrogens with zero attached hydrogens (tertiary/aromatic N) is 1. The molecule has 0 spiro atoms. The van der Waals surface area contributed by atoms with Crippen molar-refractivity contribution in [1.82, 2.24) is 4.90 Å². The topological polar surface area (TPSA) is 38.5 Å². The summed E-state index contributed by atoms with van der Waals surface area (Å²) in [5.74, 6) is 0. The molecule has 3 nitrogen and oxygen atoms in total. The van der Waals surface area contributed by atoms with Gasteiger partial charge in [0.05, 0.1) is 12.7 Å². The van der Waals surface area contributed by atoms with Gasteiger partial charge in [-0.2, -0.15) is 0 Å². The molecule has 1 atom stereocenters. The summed E-state index contributed by atoms with van der Waals surface area (Å²) in [6, 6.07) is 0.643. The lowest BCUT2D eigenvalue weighted by molar-refractivity contribution is -0.00516. The molecule has 1 fully saturated rings. The molecular formula is C10H22N2O. The number of hydrogen-bond acceptors (Lipinski definition) is 3. The van der Waals surface area contributed by atoms with Crippen molar-refractivity contribution in [2.24, 2.45) is 5.73 Å². The van der Waals surface area contributed by atoms with Crippen LogP contribution in [0.1, 0.15) is 26.7 Å². The molecule has 1 heterocycles. The molecule has 1 saturated heterocycles. The molecule has 2 N–H and O–H groups in total. The van der Waals surface area contributed by atoms with Gasteiger partial charge in [-0.1, -0.05) is 0 Å². The second-order valence-electron chi connectivity index (χ2n) is 4.01. The third-order valence-electron chi connectivity index (χ3n) is 2.61. The maximum atomic E-state index is 5.65. The maximum absolute atomic E-state index is 5.65. The van der Waals surface area contributed by atoms with Crippen molar-refractivity contribution in [3.05, 3.63) is 0 Å². The Hall–Kier alpha value is -0.120. The molecule has 0 amide bonds. The van der Waals surface area contributed by atoms with Gasteiger partial charge >= 0.3 is 0 Å². The van der Waals surface area contributed by atoms with Crippen LogP contribution in [0.2, 0.25) is 0 Å². The van der Waals surface area contributed by atoms with Crippen molar-refractivity contribution in [3.63, 3.8) is 0 Å². The lowest BCUT2D eigenvalue weighted by atomic mass is 10.1. The van der Waals surface area contributed by atoms with E-state index in [2.05, 4.69) is 18.7 Å². The second-order valence-corrected chi connectivity index (χ2v) is 4.01. The van der Waals surface area contributed by atoms with Crippen molar-refractivity contribution in [2.75, 3.05) is 26.2 Å². The van der Waals surface area contributed by atoms with Crippen molar-refractivity contribution in [3.8, 4) is 0 Å². The van der Waals surface area contributed by atoms with E-state index in [4.69, 9.17) is 10.5 Å². The number of ether oxygens (including phenoxy) is 1. The van der Waals surface area contributed by atoms with Gasteiger partial charge in [-0.25, -0.2) is 0 Å². The molecule has 1 aliphatic heterocycles. The van der Waals surface area contributed by atoms with Crippen LogP contribution in [-0.2, 0) is 4.74 Å². The van der Waals surface area contributed by atoms with Crippen LogP contribution in [-0.4, -0.2) is 43.3 Å². The SMILES string of the molecule is CC(C)N1CCCC(OCCN)C1. The number of nitrogens with two attached hydrogens (primary N) is 1. The Morgan fingerprint density at radius 3 is 2.92 bits per heavy atom. The summed E-state index contributed by atoms with van der Waals surface area (Å²) in [6.45, 7) is 8.13. The number of likely N-dealkylation sites (tertiary alicyclic amines) is 1. The zero-order valence-corrected chi connectivity index (χ0v) is 8.83. The quantitative estimate of drug-likeness (QED) is 0.707. The zero-order chi connectivity index (χ0) is 9.68. The van der Waals surface area contributed by atoms with Crippen LogP contribution in [0.3, 0.4) is 0 Å². The van der Waals surface area contributed by atoms with E-state index in [-0.39, 0.29) is 0 Å². The average Bonchev–Trinajstić information content (AvgIpc) is 2.15. The Kier molecular flexibility index (Phi) is 4.70. The van der Waals surface area contributed by atoms with Crippen LogP contribution in [0.5, 0.6) is 0 Å². The highest BCUT2D eigenvalue weighted by Crippen LogP contribution is 2.14. The summed E-state index contributed by atoms with van der Waals surface area (Å²) in [6.07, 6.45) is 2.87. The monoisotopic (exact) mass is 186 g/mol. The van der Waals surface area contributed by atoms with Crippen LogP contribution >= 0.6 is 0 Å². The highest BCUT2D eigenvalue weighted by atomic mass is 16.5. The van der Waals surface area contributed by atoms with E-state index in [1.54, 1.807) is 0 Å². The lowest BCUT2D eigenvalue weighted by Crippen LogP contribution is -2.43. The van der Waals surface area contributed by atoms with Gasteiger partial charge in [0.1, 0.15) is 0 Å². The molecule has 0 aromatic heterocycles. The fourth-order valence-electron chi connectivity index (χ4n) is 1.81. The first-order valence-corrected chi connectivity index (χ1v) is 5.29. The molecule has 1 rings (SSSR count). The Morgan fingerprint density at radius 1 is 1.54 bits per heavy atom. The van der Waals surface area contributed by atoms with Gasteiger partial charge in [-0.05, 0) is 33.2 Å². The fraction of sp³-hybridized carbons (Fsp3) is 1.00. The summed E-state index contributed by atoms with van der Waals surface area (Å²) in [7, 11) is 0. The van der Waals surface area contributed by atoms with Crippen LogP contribution in [0, 0.1) is 0 Å². The minimum absolute atomic E-state index is 0.416. The largest absolute Gasteiger partial charge is 0.376 e. The molecular weight excluding hydrogens is 164 g/mol. The van der Waals surface area contributed by atoms with E-state index < -0.39 is 0 Å². The smallest absolute Gasteiger partial charge is 0.0703 e. The third kappa shape index (κ3) is 3.63. The molecule has 0 aliphatic carbocycles. The lowest BCUT2D eigenvalue weighted by Gasteiger charge is -2.35. The van der Waals surface area contributed by atoms with Crippen molar-refractivity contribution in [1.29, 1.82) is 0 Å². The molecule has 0 aromatic rings. The molecule has 0 bridgehead atoms. The Balaban J connectivity index is 2.25. The fourth-order valence-corrected chi connectivity index (χ4v) is 1.81. The molecule has 1 unspecified atom stereocenters. The summed E-state index contributed by atoms with van der Waals surface area (Å²) >= 11 is 0. The molecule has 78 valence electrons. The van der Waals surface area contributed by atoms with Crippen LogP contribution < -0.4 is 5.73 Å². The van der Waals surface area contributed by atoms with E-state index in [1.165, 1.54) is 19.4 Å². The van der Waals surface area contributed by atoms with E-state index in [9.17, 15) is 0 Å². The van der Waals surface area contributed by atoms with Gasteiger partial charge in [-0.15, -0.1) is 0 Å².